The third-order valence-corrected chi connectivity index (χ3v) is 3.98. The number of piperazine rings is 1. The molecule has 1 fully saturated rings. The van der Waals surface area contributed by atoms with Crippen molar-refractivity contribution in [2.24, 2.45) is 0 Å². The maximum atomic E-state index is 12.5. The zero-order valence-corrected chi connectivity index (χ0v) is 13.3. The van der Waals surface area contributed by atoms with Gasteiger partial charge in [-0.15, -0.1) is 0 Å². The molecule has 3 rings (SSSR count). The fourth-order valence-electron chi connectivity index (χ4n) is 2.61. The highest BCUT2D eigenvalue weighted by atomic mass is 16.5. The molecule has 2 aromatic rings. The normalized spacial score (nSPS) is 16.3. The smallest absolute Gasteiger partial charge is 0.247 e. The van der Waals surface area contributed by atoms with Crippen molar-refractivity contribution < 1.29 is 9.53 Å². The molecule has 3 heterocycles. The van der Waals surface area contributed by atoms with Crippen LogP contribution in [0.2, 0.25) is 0 Å². The summed E-state index contributed by atoms with van der Waals surface area (Å²) in [5.74, 6) is 1.26. The molecule has 8 nitrogen and oxygen atoms in total. The fraction of sp³-hybridized carbons (Fsp3) is 0.467. The molecule has 0 N–H and O–H groups in total. The van der Waals surface area contributed by atoms with Crippen LogP contribution in [-0.4, -0.2) is 63.8 Å². The van der Waals surface area contributed by atoms with E-state index in [0.29, 0.717) is 38.0 Å². The van der Waals surface area contributed by atoms with Crippen LogP contribution >= 0.6 is 0 Å². The Bertz CT molecular complexity index is 652. The Morgan fingerprint density at radius 1 is 1.26 bits per heavy atom. The van der Waals surface area contributed by atoms with Crippen molar-refractivity contribution in [1.29, 1.82) is 0 Å². The summed E-state index contributed by atoms with van der Waals surface area (Å²) in [6, 6.07) is 3.25. The second-order valence-corrected chi connectivity index (χ2v) is 5.37. The molecule has 8 heteroatoms. The van der Waals surface area contributed by atoms with Crippen LogP contribution in [0, 0.1) is 0 Å². The zero-order valence-electron chi connectivity index (χ0n) is 13.3. The van der Waals surface area contributed by atoms with E-state index < -0.39 is 0 Å². The Kier molecular flexibility index (Phi) is 4.40. The lowest BCUT2D eigenvalue weighted by Gasteiger charge is -2.35. The standard InChI is InChI=1S/C15H20N6O2/c1-12(21-7-3-5-17-21)14(22)19-8-10-20(11-9-19)15-16-6-4-13(18-15)23-2/h3-7,12H,8-11H2,1-2H3. The number of carbonyl (C=O) groups is 1. The van der Waals surface area contributed by atoms with E-state index in [0.717, 1.165) is 0 Å². The highest BCUT2D eigenvalue weighted by molar-refractivity contribution is 5.80. The third-order valence-electron chi connectivity index (χ3n) is 3.98. The minimum atomic E-state index is -0.287. The van der Waals surface area contributed by atoms with Crippen LogP contribution in [0.4, 0.5) is 5.95 Å². The van der Waals surface area contributed by atoms with Crippen LogP contribution in [0.25, 0.3) is 0 Å². The Balaban J connectivity index is 1.60. The van der Waals surface area contributed by atoms with Crippen molar-refractivity contribution >= 4 is 11.9 Å². The lowest BCUT2D eigenvalue weighted by molar-refractivity contribution is -0.134. The predicted molar refractivity (Wildman–Crippen MR) is 84.3 cm³/mol. The quantitative estimate of drug-likeness (QED) is 0.822. The molecule has 0 aromatic carbocycles. The average molecular weight is 316 g/mol. The summed E-state index contributed by atoms with van der Waals surface area (Å²) in [5.41, 5.74) is 0. The van der Waals surface area contributed by atoms with E-state index in [2.05, 4.69) is 20.0 Å². The number of carbonyl (C=O) groups excluding carboxylic acids is 1. The number of nitrogens with zero attached hydrogens (tertiary/aromatic N) is 6. The number of hydrogen-bond donors (Lipinski definition) is 0. The van der Waals surface area contributed by atoms with Crippen LogP contribution in [0.15, 0.2) is 30.7 Å². The van der Waals surface area contributed by atoms with Gasteiger partial charge in [0.25, 0.3) is 0 Å². The van der Waals surface area contributed by atoms with Crippen LogP contribution in [0.1, 0.15) is 13.0 Å². The summed E-state index contributed by atoms with van der Waals surface area (Å²) < 4.78 is 6.81. The topological polar surface area (TPSA) is 76.4 Å². The molecule has 1 aliphatic rings. The van der Waals surface area contributed by atoms with Gasteiger partial charge in [0.15, 0.2) is 0 Å². The average Bonchev–Trinajstić information content (AvgIpc) is 3.15. The van der Waals surface area contributed by atoms with Gasteiger partial charge in [0.2, 0.25) is 17.7 Å². The molecule has 0 bridgehead atoms. The molecule has 1 amide bonds. The summed E-state index contributed by atoms with van der Waals surface area (Å²) in [6.45, 7) is 4.55. The van der Waals surface area contributed by atoms with Gasteiger partial charge >= 0.3 is 0 Å². The Morgan fingerprint density at radius 2 is 2.04 bits per heavy atom. The largest absolute Gasteiger partial charge is 0.481 e. The maximum Gasteiger partial charge on any atom is 0.247 e. The van der Waals surface area contributed by atoms with Gasteiger partial charge in [-0.05, 0) is 13.0 Å². The number of anilines is 1. The van der Waals surface area contributed by atoms with Crippen LogP contribution in [0.3, 0.4) is 0 Å². The van der Waals surface area contributed by atoms with E-state index in [4.69, 9.17) is 4.74 Å². The van der Waals surface area contributed by atoms with E-state index >= 15 is 0 Å². The molecular weight excluding hydrogens is 296 g/mol. The monoisotopic (exact) mass is 316 g/mol. The number of rotatable bonds is 4. The highest BCUT2D eigenvalue weighted by Crippen LogP contribution is 2.16. The molecular formula is C15H20N6O2. The Hall–Kier alpha value is -2.64. The molecule has 0 aliphatic carbocycles. The molecule has 2 aromatic heterocycles. The van der Waals surface area contributed by atoms with E-state index in [9.17, 15) is 4.79 Å². The number of aromatic nitrogens is 4. The summed E-state index contributed by atoms with van der Waals surface area (Å²) in [6.07, 6.45) is 5.17. The van der Waals surface area contributed by atoms with Gasteiger partial charge in [0.1, 0.15) is 6.04 Å². The van der Waals surface area contributed by atoms with Gasteiger partial charge < -0.3 is 14.5 Å². The molecule has 23 heavy (non-hydrogen) atoms. The Morgan fingerprint density at radius 3 is 2.70 bits per heavy atom. The van der Waals surface area contributed by atoms with Crippen molar-refractivity contribution in [3.63, 3.8) is 0 Å². The first kappa shape index (κ1) is 15.3. The van der Waals surface area contributed by atoms with Crippen molar-refractivity contribution in [3.05, 3.63) is 30.7 Å². The minimum absolute atomic E-state index is 0.0833. The summed E-state index contributed by atoms with van der Waals surface area (Å²) in [5, 5.41) is 4.14. The number of methoxy groups -OCH3 is 1. The van der Waals surface area contributed by atoms with E-state index in [1.807, 2.05) is 24.1 Å². The SMILES string of the molecule is COc1ccnc(N2CCN(C(=O)C(C)n3cccn3)CC2)n1. The van der Waals surface area contributed by atoms with E-state index in [-0.39, 0.29) is 11.9 Å². The molecule has 0 saturated carbocycles. The zero-order chi connectivity index (χ0) is 16.2. The molecule has 1 aliphatic heterocycles. The number of ether oxygens (including phenoxy) is 1. The second kappa shape index (κ2) is 6.64. The molecule has 1 saturated heterocycles. The second-order valence-electron chi connectivity index (χ2n) is 5.37. The summed E-state index contributed by atoms with van der Waals surface area (Å²) >= 11 is 0. The third kappa shape index (κ3) is 3.25. The first-order valence-electron chi connectivity index (χ1n) is 7.59. The Labute approximate surface area is 134 Å². The van der Waals surface area contributed by atoms with Gasteiger partial charge in [0.05, 0.1) is 7.11 Å². The van der Waals surface area contributed by atoms with Gasteiger partial charge in [-0.25, -0.2) is 4.98 Å². The molecule has 122 valence electrons. The fourth-order valence-corrected chi connectivity index (χ4v) is 2.61. The first-order chi connectivity index (χ1) is 11.2. The van der Waals surface area contributed by atoms with Crippen molar-refractivity contribution in [3.8, 4) is 5.88 Å². The van der Waals surface area contributed by atoms with Crippen LogP contribution in [-0.2, 0) is 4.79 Å². The van der Waals surface area contributed by atoms with Gasteiger partial charge in [-0.1, -0.05) is 0 Å². The number of hydrogen-bond acceptors (Lipinski definition) is 6. The summed E-state index contributed by atoms with van der Waals surface area (Å²) in [7, 11) is 1.58. The lowest BCUT2D eigenvalue weighted by atomic mass is 10.2. The van der Waals surface area contributed by atoms with Crippen LogP contribution in [0.5, 0.6) is 5.88 Å². The van der Waals surface area contributed by atoms with E-state index in [1.54, 1.807) is 30.3 Å². The summed E-state index contributed by atoms with van der Waals surface area (Å²) in [4.78, 5) is 25.1. The predicted octanol–water partition coefficient (Wildman–Crippen LogP) is 0.591. The molecule has 0 spiro atoms. The van der Waals surface area contributed by atoms with Crippen LogP contribution < -0.4 is 9.64 Å². The van der Waals surface area contributed by atoms with Crippen molar-refractivity contribution in [2.75, 3.05) is 38.2 Å². The van der Waals surface area contributed by atoms with Gasteiger partial charge in [-0.2, -0.15) is 10.1 Å². The van der Waals surface area contributed by atoms with E-state index in [1.165, 1.54) is 0 Å². The maximum absolute atomic E-state index is 12.5. The first-order valence-corrected chi connectivity index (χ1v) is 7.59. The lowest BCUT2D eigenvalue weighted by Crippen LogP contribution is -2.50. The molecule has 1 unspecified atom stereocenters. The highest BCUT2D eigenvalue weighted by Gasteiger charge is 2.26. The van der Waals surface area contributed by atoms with Gasteiger partial charge in [-0.3, -0.25) is 9.48 Å². The van der Waals surface area contributed by atoms with Crippen molar-refractivity contribution in [1.82, 2.24) is 24.6 Å². The van der Waals surface area contributed by atoms with Crippen molar-refractivity contribution in [2.45, 2.75) is 13.0 Å². The molecule has 1 atom stereocenters. The van der Waals surface area contributed by atoms with Gasteiger partial charge in [0, 0.05) is 50.8 Å². The minimum Gasteiger partial charge on any atom is -0.481 e. The molecule has 0 radical (unpaired) electrons. The number of amides is 1.